The third kappa shape index (κ3) is 4.23. The number of rotatable bonds is 4. The SMILES string of the molecule is CN(CCO)C[C@@H]1C(=O)O[C@H]2[C@H]1CCC1(CC1)[C@@H]1CCC3(CC3)[C@H]21.CS(=O)(=O)O. The van der Waals surface area contributed by atoms with Crippen LogP contribution in [0.25, 0.3) is 0 Å². The summed E-state index contributed by atoms with van der Waals surface area (Å²) >= 11 is 0. The number of fused-ring (bicyclic) bond motifs is 5. The van der Waals surface area contributed by atoms with E-state index in [1.807, 2.05) is 7.05 Å². The van der Waals surface area contributed by atoms with Gasteiger partial charge in [0.05, 0.1) is 18.8 Å². The molecule has 1 aliphatic heterocycles. The molecule has 5 fully saturated rings. The lowest BCUT2D eigenvalue weighted by Crippen LogP contribution is -2.37. The van der Waals surface area contributed by atoms with Crippen LogP contribution in [0.1, 0.15) is 51.4 Å². The number of nitrogens with zero attached hydrogens (tertiary/aromatic N) is 1. The molecule has 1 saturated heterocycles. The first-order valence-electron chi connectivity index (χ1n) is 11.0. The van der Waals surface area contributed by atoms with Crippen molar-refractivity contribution in [2.24, 2.45) is 34.5 Å². The molecule has 166 valence electrons. The Balaban J connectivity index is 0.000000369. The first-order valence-corrected chi connectivity index (χ1v) is 12.9. The minimum atomic E-state index is -3.67. The number of aliphatic hydroxyl groups is 1. The van der Waals surface area contributed by atoms with Crippen molar-refractivity contribution in [1.82, 2.24) is 4.90 Å². The lowest BCUT2D eigenvalue weighted by Gasteiger charge is -2.33. The Morgan fingerprint density at radius 3 is 2.24 bits per heavy atom. The Bertz CT molecular complexity index is 736. The normalized spacial score (nSPS) is 38.1. The zero-order valence-corrected chi connectivity index (χ0v) is 18.4. The van der Waals surface area contributed by atoms with Crippen molar-refractivity contribution in [3.8, 4) is 0 Å². The van der Waals surface area contributed by atoms with Crippen molar-refractivity contribution >= 4 is 16.1 Å². The van der Waals surface area contributed by atoms with E-state index in [1.54, 1.807) is 0 Å². The number of carbonyl (C=O) groups excluding carboxylic acids is 1. The van der Waals surface area contributed by atoms with Gasteiger partial charge in [-0.3, -0.25) is 9.35 Å². The maximum atomic E-state index is 12.7. The van der Waals surface area contributed by atoms with E-state index in [-0.39, 0.29) is 24.6 Å². The summed E-state index contributed by atoms with van der Waals surface area (Å²) in [5.41, 5.74) is 1.16. The molecule has 0 radical (unpaired) electrons. The second-order valence-electron chi connectivity index (χ2n) is 10.3. The average Bonchev–Trinajstić information content (AvgIpc) is 3.49. The van der Waals surface area contributed by atoms with Crippen molar-refractivity contribution < 1.29 is 27.6 Å². The quantitative estimate of drug-likeness (QED) is 0.520. The van der Waals surface area contributed by atoms with Gasteiger partial charge >= 0.3 is 5.97 Å². The largest absolute Gasteiger partial charge is 0.461 e. The van der Waals surface area contributed by atoms with Gasteiger partial charge in [-0.15, -0.1) is 0 Å². The van der Waals surface area contributed by atoms with Gasteiger partial charge in [0, 0.05) is 24.9 Å². The highest BCUT2D eigenvalue weighted by molar-refractivity contribution is 7.85. The van der Waals surface area contributed by atoms with Gasteiger partial charge in [0.25, 0.3) is 10.1 Å². The summed E-state index contributed by atoms with van der Waals surface area (Å²) in [5, 5.41) is 9.17. The molecular weight excluding hydrogens is 394 g/mol. The van der Waals surface area contributed by atoms with E-state index in [4.69, 9.17) is 9.29 Å². The van der Waals surface area contributed by atoms with Gasteiger partial charge in [-0.25, -0.2) is 0 Å². The summed E-state index contributed by atoms with van der Waals surface area (Å²) in [4.78, 5) is 14.8. The molecule has 4 saturated carbocycles. The molecule has 5 aliphatic rings. The van der Waals surface area contributed by atoms with Crippen molar-refractivity contribution in [2.45, 2.75) is 57.5 Å². The maximum Gasteiger partial charge on any atom is 0.310 e. The molecule has 7 nitrogen and oxygen atoms in total. The predicted molar refractivity (Wildman–Crippen MR) is 108 cm³/mol. The molecule has 5 atom stereocenters. The fourth-order valence-electron chi connectivity index (χ4n) is 6.87. The zero-order valence-electron chi connectivity index (χ0n) is 17.5. The van der Waals surface area contributed by atoms with E-state index in [0.717, 1.165) is 12.5 Å². The number of likely N-dealkylation sites (N-methyl/N-ethyl adjacent to an activating group) is 1. The van der Waals surface area contributed by atoms with Crippen LogP contribution in [0.3, 0.4) is 0 Å². The highest BCUT2D eigenvalue weighted by atomic mass is 32.2. The van der Waals surface area contributed by atoms with Crippen LogP contribution in [-0.2, 0) is 19.6 Å². The fourth-order valence-corrected chi connectivity index (χ4v) is 6.87. The summed E-state index contributed by atoms with van der Waals surface area (Å²) in [7, 11) is -1.66. The lowest BCUT2D eigenvalue weighted by atomic mass is 9.73. The molecule has 2 N–H and O–H groups in total. The number of carbonyl (C=O) groups is 1. The van der Waals surface area contributed by atoms with Crippen LogP contribution in [0, 0.1) is 34.5 Å². The molecule has 0 aromatic heterocycles. The van der Waals surface area contributed by atoms with E-state index in [1.165, 1.54) is 51.4 Å². The molecule has 0 bridgehead atoms. The van der Waals surface area contributed by atoms with Crippen LogP contribution in [-0.4, -0.2) is 68.1 Å². The van der Waals surface area contributed by atoms with Crippen LogP contribution in [0.5, 0.6) is 0 Å². The van der Waals surface area contributed by atoms with Crippen molar-refractivity contribution in [2.75, 3.05) is 33.0 Å². The standard InChI is InChI=1S/C20H31NO3.CH4O3S/c1-21(10-11-22)12-14-13-2-4-19(6-7-19)15-3-5-20(8-9-20)16(15)17(13)24-18(14)23;1-5(2,3)4/h13-17,22H,2-12H2,1H3;1H3,(H,2,3,4)/t13-,14-,15+,16-,17-;/m0./s1. The zero-order chi connectivity index (χ0) is 21.0. The van der Waals surface area contributed by atoms with Gasteiger partial charge in [0.15, 0.2) is 0 Å². The summed E-state index contributed by atoms with van der Waals surface area (Å²) in [6, 6.07) is 0. The number of ether oxygens (including phenoxy) is 1. The third-order valence-electron chi connectivity index (χ3n) is 8.48. The van der Waals surface area contributed by atoms with Gasteiger partial charge in [-0.2, -0.15) is 8.42 Å². The van der Waals surface area contributed by atoms with E-state index < -0.39 is 10.1 Å². The van der Waals surface area contributed by atoms with Crippen molar-refractivity contribution in [3.05, 3.63) is 0 Å². The number of esters is 1. The summed E-state index contributed by atoms with van der Waals surface area (Å²) in [5.74, 6) is 1.98. The first kappa shape index (κ1) is 21.5. The average molecular weight is 430 g/mol. The Morgan fingerprint density at radius 1 is 1.10 bits per heavy atom. The molecule has 0 aromatic rings. The third-order valence-corrected chi connectivity index (χ3v) is 8.48. The molecule has 0 unspecified atom stereocenters. The fraction of sp³-hybridized carbons (Fsp3) is 0.952. The van der Waals surface area contributed by atoms with Gasteiger partial charge in [-0.05, 0) is 75.2 Å². The summed E-state index contributed by atoms with van der Waals surface area (Å²) in [6.07, 6.45) is 11.8. The molecule has 29 heavy (non-hydrogen) atoms. The Hall–Kier alpha value is -0.700. The minimum absolute atomic E-state index is 0.0255. The van der Waals surface area contributed by atoms with Gasteiger partial charge in [0.2, 0.25) is 0 Å². The van der Waals surface area contributed by atoms with Crippen LogP contribution >= 0.6 is 0 Å². The molecule has 8 heteroatoms. The van der Waals surface area contributed by atoms with E-state index in [9.17, 15) is 18.3 Å². The highest BCUT2D eigenvalue weighted by Crippen LogP contribution is 2.74. The molecule has 5 rings (SSSR count). The van der Waals surface area contributed by atoms with Gasteiger partial charge in [-0.1, -0.05) is 0 Å². The smallest absolute Gasteiger partial charge is 0.310 e. The second-order valence-corrected chi connectivity index (χ2v) is 11.8. The topological polar surface area (TPSA) is 104 Å². The highest BCUT2D eigenvalue weighted by Gasteiger charge is 2.69. The molecule has 0 amide bonds. The van der Waals surface area contributed by atoms with Crippen LogP contribution < -0.4 is 0 Å². The van der Waals surface area contributed by atoms with Crippen molar-refractivity contribution in [1.29, 1.82) is 0 Å². The molecule has 2 spiro atoms. The number of aliphatic hydroxyl groups excluding tert-OH is 1. The second kappa shape index (κ2) is 7.46. The lowest BCUT2D eigenvalue weighted by molar-refractivity contribution is -0.148. The molecular formula is C21H35NO6S. The monoisotopic (exact) mass is 429 g/mol. The number of hydrogen-bond donors (Lipinski definition) is 2. The van der Waals surface area contributed by atoms with E-state index in [0.29, 0.717) is 35.5 Å². The Morgan fingerprint density at radius 2 is 1.69 bits per heavy atom. The van der Waals surface area contributed by atoms with Gasteiger partial charge in [0.1, 0.15) is 6.10 Å². The van der Waals surface area contributed by atoms with Crippen molar-refractivity contribution in [3.63, 3.8) is 0 Å². The predicted octanol–water partition coefficient (Wildman–Crippen LogP) is 1.95. The summed E-state index contributed by atoms with van der Waals surface area (Å²) in [6.45, 7) is 1.54. The summed E-state index contributed by atoms with van der Waals surface area (Å²) < 4.78 is 32.0. The van der Waals surface area contributed by atoms with Crippen LogP contribution in [0.2, 0.25) is 0 Å². The minimum Gasteiger partial charge on any atom is -0.461 e. The van der Waals surface area contributed by atoms with E-state index >= 15 is 0 Å². The van der Waals surface area contributed by atoms with Gasteiger partial charge < -0.3 is 14.7 Å². The Labute approximate surface area is 173 Å². The Kier molecular flexibility index (Phi) is 5.54. The first-order chi connectivity index (χ1) is 13.6. The molecule has 0 aromatic carbocycles. The molecule has 4 aliphatic carbocycles. The maximum absolute atomic E-state index is 12.7. The molecule has 1 heterocycles. The number of hydrogen-bond acceptors (Lipinski definition) is 6. The van der Waals surface area contributed by atoms with E-state index in [2.05, 4.69) is 4.90 Å². The van der Waals surface area contributed by atoms with Crippen LogP contribution in [0.15, 0.2) is 0 Å². The van der Waals surface area contributed by atoms with Crippen LogP contribution in [0.4, 0.5) is 0 Å².